The van der Waals surface area contributed by atoms with Gasteiger partial charge in [-0.3, -0.25) is 0 Å². The van der Waals surface area contributed by atoms with Gasteiger partial charge in [0, 0.05) is 5.69 Å². The third-order valence-corrected chi connectivity index (χ3v) is 2.43. The van der Waals surface area contributed by atoms with Crippen LogP contribution in [0.4, 0.5) is 5.69 Å². The molecule has 0 amide bonds. The number of hydrogen-bond acceptors (Lipinski definition) is 5. The quantitative estimate of drug-likeness (QED) is 0.588. The van der Waals surface area contributed by atoms with Crippen LogP contribution in [0.1, 0.15) is 17.3 Å². The number of carbonyl (C=O) groups is 2. The fourth-order valence-corrected chi connectivity index (χ4v) is 1.46. The summed E-state index contributed by atoms with van der Waals surface area (Å²) in [6.45, 7) is 9.21. The first-order valence-corrected chi connectivity index (χ1v) is 6.44. The molecule has 111 valence electrons. The van der Waals surface area contributed by atoms with E-state index in [9.17, 15) is 9.59 Å². The predicted octanol–water partition coefficient (Wildman–Crippen LogP) is 2.72. The Bertz CT molecular complexity index is 508. The first kappa shape index (κ1) is 16.5. The molecule has 0 fully saturated rings. The summed E-state index contributed by atoms with van der Waals surface area (Å²) in [6.07, 6.45) is 2.84. The van der Waals surface area contributed by atoms with Crippen molar-refractivity contribution in [1.29, 1.82) is 0 Å². The highest BCUT2D eigenvalue weighted by Crippen LogP contribution is 2.15. The molecule has 1 rings (SSSR count). The van der Waals surface area contributed by atoms with E-state index in [2.05, 4.69) is 18.5 Å². The second-order valence-electron chi connectivity index (χ2n) is 3.93. The molecule has 1 aromatic rings. The van der Waals surface area contributed by atoms with Crippen LogP contribution in [-0.4, -0.2) is 25.2 Å². The average molecular weight is 288 g/mol. The third-order valence-electron chi connectivity index (χ3n) is 2.43. The SMILES string of the molecule is C=CCOC(=O)[C](C=C)Nc1ccc(C(=O)OCC)cc1. The van der Waals surface area contributed by atoms with Gasteiger partial charge in [0.2, 0.25) is 0 Å². The molecule has 0 aliphatic heterocycles. The van der Waals surface area contributed by atoms with E-state index in [1.54, 1.807) is 31.2 Å². The van der Waals surface area contributed by atoms with Gasteiger partial charge in [0.15, 0.2) is 6.04 Å². The van der Waals surface area contributed by atoms with Crippen LogP contribution in [-0.2, 0) is 14.3 Å². The van der Waals surface area contributed by atoms with Gasteiger partial charge >= 0.3 is 11.9 Å². The first-order valence-electron chi connectivity index (χ1n) is 6.44. The van der Waals surface area contributed by atoms with Gasteiger partial charge in [-0.25, -0.2) is 9.59 Å². The summed E-state index contributed by atoms with van der Waals surface area (Å²) in [5.74, 6) is -0.915. The first-order chi connectivity index (χ1) is 10.1. The lowest BCUT2D eigenvalue weighted by Gasteiger charge is -2.13. The molecule has 0 saturated heterocycles. The number of rotatable bonds is 8. The summed E-state index contributed by atoms with van der Waals surface area (Å²) in [4.78, 5) is 23.2. The second kappa shape index (κ2) is 8.58. The molecule has 0 saturated carbocycles. The van der Waals surface area contributed by atoms with E-state index >= 15 is 0 Å². The standard InChI is InChI=1S/C16H18NO4/c1-4-11-21-16(19)14(5-2)17-13-9-7-12(8-10-13)15(18)20-6-3/h4-5,7-10,17H,1-2,6,11H2,3H3. The average Bonchev–Trinajstić information content (AvgIpc) is 2.51. The van der Waals surface area contributed by atoms with Crippen molar-refractivity contribution in [2.24, 2.45) is 0 Å². The van der Waals surface area contributed by atoms with Crippen molar-refractivity contribution in [3.63, 3.8) is 0 Å². The van der Waals surface area contributed by atoms with Gasteiger partial charge in [-0.1, -0.05) is 18.7 Å². The van der Waals surface area contributed by atoms with Crippen LogP contribution in [0.25, 0.3) is 0 Å². The fraction of sp³-hybridized carbons (Fsp3) is 0.188. The van der Waals surface area contributed by atoms with Crippen LogP contribution in [0.5, 0.6) is 0 Å². The molecule has 0 unspecified atom stereocenters. The molecule has 0 spiro atoms. The normalized spacial score (nSPS) is 9.81. The molecule has 0 atom stereocenters. The van der Waals surface area contributed by atoms with E-state index in [0.717, 1.165) is 0 Å². The highest BCUT2D eigenvalue weighted by atomic mass is 16.5. The minimum atomic E-state index is -0.528. The number of anilines is 1. The van der Waals surface area contributed by atoms with Gasteiger partial charge in [0.05, 0.1) is 12.2 Å². The summed E-state index contributed by atoms with van der Waals surface area (Å²) in [5.41, 5.74) is 1.07. The van der Waals surface area contributed by atoms with Crippen molar-refractivity contribution in [2.75, 3.05) is 18.5 Å². The topological polar surface area (TPSA) is 64.6 Å². The molecule has 0 aromatic heterocycles. The van der Waals surface area contributed by atoms with Crippen LogP contribution in [0.2, 0.25) is 0 Å². The molecule has 5 nitrogen and oxygen atoms in total. The zero-order valence-corrected chi connectivity index (χ0v) is 11.9. The smallest absolute Gasteiger partial charge is 0.339 e. The van der Waals surface area contributed by atoms with Gasteiger partial charge < -0.3 is 14.8 Å². The van der Waals surface area contributed by atoms with Crippen molar-refractivity contribution in [3.05, 3.63) is 61.2 Å². The van der Waals surface area contributed by atoms with Gasteiger partial charge in [-0.15, -0.1) is 6.58 Å². The molecule has 5 heteroatoms. The summed E-state index contributed by atoms with van der Waals surface area (Å²) in [6, 6.07) is 6.75. The van der Waals surface area contributed by atoms with Crippen LogP contribution in [0.15, 0.2) is 49.6 Å². The minimum Gasteiger partial charge on any atom is -0.462 e. The Kier molecular flexibility index (Phi) is 6.74. The number of ether oxygens (including phenoxy) is 2. The number of hydrogen-bond donors (Lipinski definition) is 1. The lowest BCUT2D eigenvalue weighted by molar-refractivity contribution is -0.139. The Morgan fingerprint density at radius 1 is 1.19 bits per heavy atom. The summed E-state index contributed by atoms with van der Waals surface area (Å²) >= 11 is 0. The lowest BCUT2D eigenvalue weighted by Crippen LogP contribution is -2.21. The van der Waals surface area contributed by atoms with E-state index in [1.807, 2.05) is 0 Å². The Hall–Kier alpha value is -2.56. The Balaban J connectivity index is 2.68. The summed E-state index contributed by atoms with van der Waals surface area (Å²) in [7, 11) is 0. The second-order valence-corrected chi connectivity index (χ2v) is 3.93. The summed E-state index contributed by atoms with van der Waals surface area (Å²) < 4.78 is 9.80. The molecule has 0 aliphatic rings. The van der Waals surface area contributed by atoms with E-state index in [0.29, 0.717) is 17.9 Å². The molecule has 0 bridgehead atoms. The maximum absolute atomic E-state index is 11.7. The number of esters is 2. The molecular formula is C16H18NO4. The van der Waals surface area contributed by atoms with Crippen molar-refractivity contribution in [2.45, 2.75) is 6.92 Å². The number of carbonyl (C=O) groups excluding carboxylic acids is 2. The largest absolute Gasteiger partial charge is 0.462 e. The minimum absolute atomic E-state index is 0.125. The predicted molar refractivity (Wildman–Crippen MR) is 80.6 cm³/mol. The van der Waals surface area contributed by atoms with Crippen LogP contribution in [0.3, 0.4) is 0 Å². The number of nitrogens with one attached hydrogen (secondary N) is 1. The van der Waals surface area contributed by atoms with Crippen molar-refractivity contribution in [3.8, 4) is 0 Å². The van der Waals surface area contributed by atoms with E-state index < -0.39 is 5.97 Å². The molecule has 0 aliphatic carbocycles. The van der Waals surface area contributed by atoms with Crippen molar-refractivity contribution >= 4 is 17.6 Å². The van der Waals surface area contributed by atoms with Gasteiger partial charge in [-0.2, -0.15) is 0 Å². The lowest BCUT2D eigenvalue weighted by atomic mass is 10.2. The molecule has 1 radical (unpaired) electrons. The highest BCUT2D eigenvalue weighted by molar-refractivity contribution is 5.92. The summed E-state index contributed by atoms with van der Waals surface area (Å²) in [5, 5.41) is 2.87. The highest BCUT2D eigenvalue weighted by Gasteiger charge is 2.17. The zero-order chi connectivity index (χ0) is 15.7. The van der Waals surface area contributed by atoms with Gasteiger partial charge in [0.1, 0.15) is 6.61 Å². The molecule has 1 N–H and O–H groups in total. The zero-order valence-electron chi connectivity index (χ0n) is 11.9. The monoisotopic (exact) mass is 288 g/mol. The molecule has 0 heterocycles. The van der Waals surface area contributed by atoms with E-state index in [4.69, 9.17) is 9.47 Å². The van der Waals surface area contributed by atoms with E-state index in [-0.39, 0.29) is 18.6 Å². The van der Waals surface area contributed by atoms with Gasteiger partial charge in [0.25, 0.3) is 0 Å². The number of benzene rings is 1. The molecule has 1 aromatic carbocycles. The maximum atomic E-state index is 11.7. The molecule has 21 heavy (non-hydrogen) atoms. The van der Waals surface area contributed by atoms with Crippen molar-refractivity contribution in [1.82, 2.24) is 0 Å². The van der Waals surface area contributed by atoms with Crippen LogP contribution < -0.4 is 5.32 Å². The third kappa shape index (κ3) is 5.14. The fourth-order valence-electron chi connectivity index (χ4n) is 1.46. The molecular weight excluding hydrogens is 270 g/mol. The maximum Gasteiger partial charge on any atom is 0.339 e. The van der Waals surface area contributed by atoms with E-state index in [1.165, 1.54) is 12.2 Å². The Morgan fingerprint density at radius 3 is 2.38 bits per heavy atom. The Labute approximate surface area is 124 Å². The Morgan fingerprint density at radius 2 is 1.86 bits per heavy atom. The van der Waals surface area contributed by atoms with Crippen LogP contribution in [0, 0.1) is 6.04 Å². The van der Waals surface area contributed by atoms with Gasteiger partial charge in [-0.05, 0) is 31.2 Å². The van der Waals surface area contributed by atoms with Crippen molar-refractivity contribution < 1.29 is 19.1 Å². The van der Waals surface area contributed by atoms with Crippen LogP contribution >= 0.6 is 0 Å².